The van der Waals surface area contributed by atoms with E-state index in [4.69, 9.17) is 37.5 Å². The van der Waals surface area contributed by atoms with Crippen LogP contribution in [0, 0.1) is 28.6 Å². The van der Waals surface area contributed by atoms with E-state index in [0.717, 1.165) is 5.57 Å². The fourth-order valence-corrected chi connectivity index (χ4v) is 4.19. The first-order chi connectivity index (χ1) is 15.7. The van der Waals surface area contributed by atoms with Crippen LogP contribution in [0.25, 0.3) is 0 Å². The van der Waals surface area contributed by atoms with Crippen LogP contribution in [0.3, 0.4) is 0 Å². The quantitative estimate of drug-likeness (QED) is 0.207. The van der Waals surface area contributed by atoms with Gasteiger partial charge in [0.2, 0.25) is 6.10 Å². The number of hydrogen-bond acceptors (Lipinski definition) is 6. The van der Waals surface area contributed by atoms with Crippen molar-refractivity contribution in [1.29, 1.82) is 5.26 Å². The van der Waals surface area contributed by atoms with E-state index in [9.17, 15) is 10.1 Å². The molecule has 2 saturated carbocycles. The van der Waals surface area contributed by atoms with Crippen molar-refractivity contribution >= 4 is 29.2 Å². The molecule has 4 rings (SSSR count). The third-order valence-corrected chi connectivity index (χ3v) is 6.88. The standard InChI is InChI=1S/C25H24Cl2N2O4/c1-24(2)20(14-29-31-15-17-12-25(17,26)27)22(24)23(30)33-21(13-28)16-7-6-10-19(11-16)32-18-8-4-3-5-9-18/h3-11,14,17,21-22,29H,12,15H2,1-2H3/t17?,21?,22-/m0/s1. The molecule has 0 heterocycles. The van der Waals surface area contributed by atoms with Crippen LogP contribution < -0.4 is 10.2 Å². The Morgan fingerprint density at radius 2 is 1.91 bits per heavy atom. The predicted molar refractivity (Wildman–Crippen MR) is 124 cm³/mol. The molecule has 0 amide bonds. The first-order valence-electron chi connectivity index (χ1n) is 10.6. The zero-order chi connectivity index (χ0) is 23.6. The van der Waals surface area contributed by atoms with Gasteiger partial charge in [-0.05, 0) is 36.3 Å². The number of halogens is 2. The maximum absolute atomic E-state index is 12.8. The second-order valence-electron chi connectivity index (χ2n) is 8.78. The molecular formula is C25H24Cl2N2O4. The van der Waals surface area contributed by atoms with Gasteiger partial charge in [-0.2, -0.15) is 5.26 Å². The minimum absolute atomic E-state index is 0.0951. The van der Waals surface area contributed by atoms with E-state index >= 15 is 0 Å². The first-order valence-corrected chi connectivity index (χ1v) is 11.4. The van der Waals surface area contributed by atoms with Crippen molar-refractivity contribution in [2.24, 2.45) is 17.3 Å². The Kier molecular flexibility index (Phi) is 6.58. The number of hydroxylamine groups is 1. The van der Waals surface area contributed by atoms with Crippen molar-refractivity contribution < 1.29 is 19.1 Å². The van der Waals surface area contributed by atoms with Gasteiger partial charge in [0.1, 0.15) is 21.9 Å². The van der Waals surface area contributed by atoms with Crippen molar-refractivity contribution in [1.82, 2.24) is 5.48 Å². The van der Waals surface area contributed by atoms with E-state index in [-0.39, 0.29) is 5.92 Å². The average Bonchev–Trinajstić information content (AvgIpc) is 3.59. The second kappa shape index (κ2) is 9.26. The summed E-state index contributed by atoms with van der Waals surface area (Å²) in [6.07, 6.45) is 1.31. The molecule has 2 fully saturated rings. The molecule has 8 heteroatoms. The third kappa shape index (κ3) is 5.44. The summed E-state index contributed by atoms with van der Waals surface area (Å²) in [6.45, 7) is 4.25. The lowest BCUT2D eigenvalue weighted by Gasteiger charge is -2.13. The maximum Gasteiger partial charge on any atom is 0.315 e. The molecule has 0 aliphatic heterocycles. The van der Waals surface area contributed by atoms with Gasteiger partial charge in [-0.25, -0.2) is 0 Å². The molecule has 2 aromatic carbocycles. The summed E-state index contributed by atoms with van der Waals surface area (Å²) >= 11 is 12.0. The zero-order valence-corrected chi connectivity index (χ0v) is 19.8. The summed E-state index contributed by atoms with van der Waals surface area (Å²) in [5.41, 5.74) is 3.74. The fraction of sp³-hybridized carbons (Fsp3) is 0.360. The molecule has 0 spiro atoms. The number of hydrogen-bond donors (Lipinski definition) is 1. The van der Waals surface area contributed by atoms with Crippen LogP contribution in [0.2, 0.25) is 0 Å². The average molecular weight is 487 g/mol. The fourth-order valence-electron chi connectivity index (χ4n) is 3.69. The molecule has 3 atom stereocenters. The number of para-hydroxylation sites is 1. The number of alkyl halides is 2. The molecule has 2 aliphatic carbocycles. The SMILES string of the molecule is CC1(C)C(=CNOCC2CC2(Cl)Cl)[C@H]1C(=O)OC(C#N)c1cccc(Oc2ccccc2)c1. The van der Waals surface area contributed by atoms with Crippen LogP contribution in [-0.2, 0) is 14.4 Å². The van der Waals surface area contributed by atoms with Gasteiger partial charge in [-0.3, -0.25) is 15.1 Å². The van der Waals surface area contributed by atoms with E-state index in [1.807, 2.05) is 44.2 Å². The molecule has 1 N–H and O–H groups in total. The third-order valence-electron chi connectivity index (χ3n) is 5.96. The van der Waals surface area contributed by atoms with Gasteiger partial charge in [-0.15, -0.1) is 23.2 Å². The highest BCUT2D eigenvalue weighted by atomic mass is 35.5. The van der Waals surface area contributed by atoms with Crippen LogP contribution in [0.4, 0.5) is 0 Å². The largest absolute Gasteiger partial charge is 0.457 e. The van der Waals surface area contributed by atoms with E-state index in [0.29, 0.717) is 30.1 Å². The van der Waals surface area contributed by atoms with E-state index in [1.54, 1.807) is 30.5 Å². The first kappa shape index (κ1) is 23.4. The summed E-state index contributed by atoms with van der Waals surface area (Å²) in [5, 5.41) is 9.64. The van der Waals surface area contributed by atoms with Crippen molar-refractivity contribution in [3.8, 4) is 17.6 Å². The number of carbonyl (C=O) groups is 1. The Bertz CT molecular complexity index is 1100. The van der Waals surface area contributed by atoms with Gasteiger partial charge in [0.05, 0.1) is 12.5 Å². The minimum atomic E-state index is -1.05. The summed E-state index contributed by atoms with van der Waals surface area (Å²) in [6, 6.07) is 18.3. The lowest BCUT2D eigenvalue weighted by molar-refractivity contribution is -0.149. The molecule has 0 radical (unpaired) electrons. The predicted octanol–water partition coefficient (Wildman–Crippen LogP) is 5.84. The van der Waals surface area contributed by atoms with Gasteiger partial charge < -0.3 is 9.47 Å². The summed E-state index contributed by atoms with van der Waals surface area (Å²) < 4.78 is 10.7. The van der Waals surface area contributed by atoms with E-state index in [2.05, 4.69) is 11.5 Å². The molecule has 33 heavy (non-hydrogen) atoms. The van der Waals surface area contributed by atoms with E-state index in [1.165, 1.54) is 0 Å². The highest BCUT2D eigenvalue weighted by molar-refractivity contribution is 6.50. The summed E-state index contributed by atoms with van der Waals surface area (Å²) in [7, 11) is 0. The molecular weight excluding hydrogens is 463 g/mol. The second-order valence-corrected chi connectivity index (χ2v) is 10.3. The molecule has 2 unspecified atom stereocenters. The highest BCUT2D eigenvalue weighted by Crippen LogP contribution is 2.58. The number of rotatable bonds is 9. The molecule has 6 nitrogen and oxygen atoms in total. The number of carbonyl (C=O) groups excluding carboxylic acids is 1. The Morgan fingerprint density at radius 1 is 1.21 bits per heavy atom. The Balaban J connectivity index is 1.35. The number of benzene rings is 2. The zero-order valence-electron chi connectivity index (χ0n) is 18.3. The maximum atomic E-state index is 12.8. The van der Waals surface area contributed by atoms with E-state index < -0.39 is 27.7 Å². The van der Waals surface area contributed by atoms with Crippen LogP contribution >= 0.6 is 23.2 Å². The van der Waals surface area contributed by atoms with Crippen molar-refractivity contribution in [3.63, 3.8) is 0 Å². The Morgan fingerprint density at radius 3 is 2.58 bits per heavy atom. The number of esters is 1. The minimum Gasteiger partial charge on any atom is -0.457 e. The van der Waals surface area contributed by atoms with Crippen molar-refractivity contribution in [2.75, 3.05) is 6.61 Å². The van der Waals surface area contributed by atoms with Crippen LogP contribution in [-0.4, -0.2) is 16.9 Å². The highest BCUT2D eigenvalue weighted by Gasteiger charge is 2.58. The van der Waals surface area contributed by atoms with Gasteiger partial charge in [-0.1, -0.05) is 44.2 Å². The van der Waals surface area contributed by atoms with Crippen LogP contribution in [0.5, 0.6) is 11.5 Å². The molecule has 0 bridgehead atoms. The van der Waals surface area contributed by atoms with Gasteiger partial charge in [0.15, 0.2) is 0 Å². The van der Waals surface area contributed by atoms with Crippen molar-refractivity contribution in [2.45, 2.75) is 30.7 Å². The summed E-state index contributed by atoms with van der Waals surface area (Å²) in [4.78, 5) is 18.2. The monoisotopic (exact) mass is 486 g/mol. The van der Waals surface area contributed by atoms with Crippen LogP contribution in [0.15, 0.2) is 66.4 Å². The van der Waals surface area contributed by atoms with Crippen LogP contribution in [0.1, 0.15) is 31.9 Å². The van der Waals surface area contributed by atoms with Gasteiger partial charge in [0, 0.05) is 23.1 Å². The smallest absolute Gasteiger partial charge is 0.315 e. The lowest BCUT2D eigenvalue weighted by Crippen LogP contribution is -2.14. The number of nitrogens with zero attached hydrogens (tertiary/aromatic N) is 1. The topological polar surface area (TPSA) is 80.6 Å². The lowest BCUT2D eigenvalue weighted by atomic mass is 10.1. The Hall–Kier alpha value is -2.72. The normalized spacial score (nSPS) is 23.8. The van der Waals surface area contributed by atoms with Crippen molar-refractivity contribution in [3.05, 3.63) is 71.9 Å². The number of nitriles is 1. The molecule has 0 saturated heterocycles. The number of ether oxygens (including phenoxy) is 2. The molecule has 2 aliphatic rings. The Labute approximate surface area is 203 Å². The van der Waals surface area contributed by atoms with Gasteiger partial charge >= 0.3 is 5.97 Å². The molecule has 2 aromatic rings. The summed E-state index contributed by atoms with van der Waals surface area (Å²) in [5.74, 6) is 0.398. The molecule has 172 valence electrons. The van der Waals surface area contributed by atoms with Gasteiger partial charge in [0.25, 0.3) is 0 Å². The molecule has 0 aromatic heterocycles. The number of nitrogens with one attached hydrogen (secondary N) is 1.